The number of hydrogen-bond acceptors (Lipinski definition) is 5. The number of fused-ring (bicyclic) bond motifs is 2. The molecule has 1 unspecified atom stereocenters. The van der Waals surface area contributed by atoms with Gasteiger partial charge in [0.05, 0.1) is 11.3 Å². The van der Waals surface area contributed by atoms with E-state index in [1.807, 2.05) is 54.0 Å². The van der Waals surface area contributed by atoms with Gasteiger partial charge >= 0.3 is 5.63 Å². The van der Waals surface area contributed by atoms with Crippen LogP contribution in [0.2, 0.25) is 0 Å². The highest BCUT2D eigenvalue weighted by Crippen LogP contribution is 2.26. The van der Waals surface area contributed by atoms with Crippen molar-refractivity contribution in [1.29, 1.82) is 0 Å². The van der Waals surface area contributed by atoms with Crippen molar-refractivity contribution >= 4 is 22.3 Å². The monoisotopic (exact) mass is 374 g/mol. The van der Waals surface area contributed by atoms with Crippen LogP contribution in [0.1, 0.15) is 12.5 Å². The maximum absolute atomic E-state index is 12.7. The van der Waals surface area contributed by atoms with Crippen molar-refractivity contribution in [3.05, 3.63) is 64.8 Å². The number of rotatable bonds is 2. The first-order valence-electron chi connectivity index (χ1n) is 9.59. The Labute approximate surface area is 162 Å². The van der Waals surface area contributed by atoms with Crippen LogP contribution in [0.15, 0.2) is 58.0 Å². The molecule has 4 aromatic rings. The Morgan fingerprint density at radius 2 is 2.11 bits per heavy atom. The zero-order valence-corrected chi connectivity index (χ0v) is 16.0. The van der Waals surface area contributed by atoms with Gasteiger partial charge in [-0.2, -0.15) is 0 Å². The summed E-state index contributed by atoms with van der Waals surface area (Å²) in [5, 5.41) is 4.34. The second-order valence-electron chi connectivity index (χ2n) is 7.57. The fourth-order valence-corrected chi connectivity index (χ4v) is 3.86. The van der Waals surface area contributed by atoms with Crippen LogP contribution in [0.25, 0.3) is 27.9 Å². The van der Waals surface area contributed by atoms with E-state index in [2.05, 4.69) is 28.2 Å². The molecule has 0 bridgehead atoms. The van der Waals surface area contributed by atoms with E-state index in [1.165, 1.54) is 0 Å². The lowest BCUT2D eigenvalue weighted by Gasteiger charge is -2.33. The van der Waals surface area contributed by atoms with Crippen molar-refractivity contribution in [3.8, 4) is 11.3 Å². The molecule has 28 heavy (non-hydrogen) atoms. The SMILES string of the molecule is Cc1ccn2cc(-c3cc4ccc(N5CCNC(C)C5)cc4oc3=O)nc2c1. The van der Waals surface area contributed by atoms with Crippen LogP contribution in [0.4, 0.5) is 5.69 Å². The number of nitrogens with one attached hydrogen (secondary N) is 1. The molecule has 5 rings (SSSR count). The minimum absolute atomic E-state index is 0.363. The summed E-state index contributed by atoms with van der Waals surface area (Å²) in [5.41, 5.74) is 4.39. The average Bonchev–Trinajstić information content (AvgIpc) is 3.10. The summed E-state index contributed by atoms with van der Waals surface area (Å²) in [6.45, 7) is 7.04. The van der Waals surface area contributed by atoms with Crippen LogP contribution in [-0.4, -0.2) is 35.1 Å². The van der Waals surface area contributed by atoms with Gasteiger partial charge in [-0.3, -0.25) is 0 Å². The van der Waals surface area contributed by atoms with Crippen molar-refractivity contribution < 1.29 is 4.42 Å². The van der Waals surface area contributed by atoms with Crippen LogP contribution in [0, 0.1) is 6.92 Å². The highest BCUT2D eigenvalue weighted by atomic mass is 16.4. The molecule has 142 valence electrons. The highest BCUT2D eigenvalue weighted by Gasteiger charge is 2.17. The molecule has 1 N–H and O–H groups in total. The van der Waals surface area contributed by atoms with Crippen molar-refractivity contribution in [1.82, 2.24) is 14.7 Å². The normalized spacial score (nSPS) is 17.5. The highest BCUT2D eigenvalue weighted by molar-refractivity contribution is 5.84. The number of aromatic nitrogens is 2. The summed E-state index contributed by atoms with van der Waals surface area (Å²) in [6, 6.07) is 12.4. The lowest BCUT2D eigenvalue weighted by atomic mass is 10.1. The smallest absolute Gasteiger partial charge is 0.345 e. The second kappa shape index (κ2) is 6.49. The summed E-state index contributed by atoms with van der Waals surface area (Å²) in [6.07, 6.45) is 3.81. The maximum atomic E-state index is 12.7. The molecule has 4 heterocycles. The molecule has 1 saturated heterocycles. The second-order valence-corrected chi connectivity index (χ2v) is 7.57. The fourth-order valence-electron chi connectivity index (χ4n) is 3.86. The molecule has 1 aliphatic rings. The summed E-state index contributed by atoms with van der Waals surface area (Å²) < 4.78 is 7.60. The number of benzene rings is 1. The van der Waals surface area contributed by atoms with Crippen LogP contribution >= 0.6 is 0 Å². The molecule has 1 aliphatic heterocycles. The molecule has 0 saturated carbocycles. The lowest BCUT2D eigenvalue weighted by molar-refractivity contribution is 0.484. The van der Waals surface area contributed by atoms with Gasteiger partial charge < -0.3 is 19.0 Å². The first-order valence-corrected chi connectivity index (χ1v) is 9.59. The minimum Gasteiger partial charge on any atom is -0.422 e. The molecule has 1 fully saturated rings. The molecule has 1 aromatic carbocycles. The number of pyridine rings is 1. The largest absolute Gasteiger partial charge is 0.422 e. The molecule has 0 aliphatic carbocycles. The number of piperazine rings is 1. The van der Waals surface area contributed by atoms with E-state index >= 15 is 0 Å². The van der Waals surface area contributed by atoms with E-state index < -0.39 is 0 Å². The predicted octanol–water partition coefficient (Wildman–Crippen LogP) is 3.21. The standard InChI is InChI=1S/C22H22N4O2/c1-14-5-7-26-13-19(24-21(26)9-14)18-10-16-3-4-17(11-20(16)28-22(18)27)25-8-6-23-15(2)12-25/h3-5,7,9-11,13,15,23H,6,8,12H2,1-2H3. The molecule has 0 spiro atoms. The van der Waals surface area contributed by atoms with Crippen LogP contribution < -0.4 is 15.8 Å². The van der Waals surface area contributed by atoms with Gasteiger partial charge in [0, 0.05) is 55.2 Å². The topological polar surface area (TPSA) is 62.8 Å². The van der Waals surface area contributed by atoms with Crippen LogP contribution in [0.3, 0.4) is 0 Å². The van der Waals surface area contributed by atoms with Gasteiger partial charge in [0.15, 0.2) is 0 Å². The Kier molecular flexibility index (Phi) is 3.94. The molecular weight excluding hydrogens is 352 g/mol. The van der Waals surface area contributed by atoms with Crippen molar-refractivity contribution in [2.24, 2.45) is 0 Å². The van der Waals surface area contributed by atoms with Gasteiger partial charge in [0.2, 0.25) is 0 Å². The first kappa shape index (κ1) is 17.0. The number of hydrogen-bond donors (Lipinski definition) is 1. The number of aryl methyl sites for hydroxylation is 1. The Morgan fingerprint density at radius 3 is 2.96 bits per heavy atom. The van der Waals surface area contributed by atoms with E-state index in [-0.39, 0.29) is 5.63 Å². The third-order valence-electron chi connectivity index (χ3n) is 5.35. The first-order chi connectivity index (χ1) is 13.6. The zero-order chi connectivity index (χ0) is 19.3. The summed E-state index contributed by atoms with van der Waals surface area (Å²) >= 11 is 0. The van der Waals surface area contributed by atoms with E-state index in [0.29, 0.717) is 22.9 Å². The van der Waals surface area contributed by atoms with Gasteiger partial charge in [-0.05, 0) is 49.7 Å². The van der Waals surface area contributed by atoms with Gasteiger partial charge in [-0.1, -0.05) is 0 Å². The molecule has 0 amide bonds. The third-order valence-corrected chi connectivity index (χ3v) is 5.35. The molecule has 1 atom stereocenters. The molecular formula is C22H22N4O2. The average molecular weight is 374 g/mol. The zero-order valence-electron chi connectivity index (χ0n) is 16.0. The number of imidazole rings is 1. The van der Waals surface area contributed by atoms with Crippen LogP contribution in [0.5, 0.6) is 0 Å². The Hall–Kier alpha value is -3.12. The molecule has 0 radical (unpaired) electrons. The van der Waals surface area contributed by atoms with Gasteiger partial charge in [-0.15, -0.1) is 0 Å². The van der Waals surface area contributed by atoms with E-state index in [9.17, 15) is 4.79 Å². The number of anilines is 1. The Bertz CT molecular complexity index is 1240. The van der Waals surface area contributed by atoms with Gasteiger partial charge in [0.25, 0.3) is 0 Å². The van der Waals surface area contributed by atoms with E-state index in [1.54, 1.807) is 0 Å². The predicted molar refractivity (Wildman–Crippen MR) is 111 cm³/mol. The van der Waals surface area contributed by atoms with Crippen molar-refractivity contribution in [2.75, 3.05) is 24.5 Å². The molecule has 3 aromatic heterocycles. The van der Waals surface area contributed by atoms with Crippen molar-refractivity contribution in [2.45, 2.75) is 19.9 Å². The molecule has 6 heteroatoms. The Morgan fingerprint density at radius 1 is 1.21 bits per heavy atom. The number of nitrogens with zero attached hydrogens (tertiary/aromatic N) is 3. The van der Waals surface area contributed by atoms with Crippen LogP contribution in [-0.2, 0) is 0 Å². The van der Waals surface area contributed by atoms with E-state index in [4.69, 9.17) is 4.42 Å². The fraction of sp³-hybridized carbons (Fsp3) is 0.273. The summed E-state index contributed by atoms with van der Waals surface area (Å²) in [7, 11) is 0. The van der Waals surface area contributed by atoms with E-state index in [0.717, 1.165) is 41.9 Å². The quantitative estimate of drug-likeness (QED) is 0.546. The van der Waals surface area contributed by atoms with Gasteiger partial charge in [-0.25, -0.2) is 9.78 Å². The molecule has 6 nitrogen and oxygen atoms in total. The lowest BCUT2D eigenvalue weighted by Crippen LogP contribution is -2.49. The van der Waals surface area contributed by atoms with Crippen molar-refractivity contribution in [3.63, 3.8) is 0 Å². The van der Waals surface area contributed by atoms with Gasteiger partial charge in [0.1, 0.15) is 11.2 Å². The maximum Gasteiger partial charge on any atom is 0.345 e. The third kappa shape index (κ3) is 2.96. The summed E-state index contributed by atoms with van der Waals surface area (Å²) in [5.74, 6) is 0. The minimum atomic E-state index is -0.363. The summed E-state index contributed by atoms with van der Waals surface area (Å²) in [4.78, 5) is 19.6. The Balaban J connectivity index is 1.56.